The van der Waals surface area contributed by atoms with Gasteiger partial charge in [-0.25, -0.2) is 79.3 Å². The van der Waals surface area contributed by atoms with Gasteiger partial charge in [-0.1, -0.05) is 236 Å². The molecule has 0 N–H and O–H groups in total. The molecule has 0 fully saturated rings. The van der Waals surface area contributed by atoms with Crippen LogP contribution in [-0.2, 0) is 222 Å². The summed E-state index contributed by atoms with van der Waals surface area (Å²) in [4.78, 5) is 72.7. The third-order valence-electron chi connectivity index (χ3n) is 18.6. The van der Waals surface area contributed by atoms with Crippen LogP contribution in [0.1, 0.15) is 179 Å². The molecule has 0 amide bonds. The zero-order valence-corrected chi connectivity index (χ0v) is 76.8. The molecule has 0 aromatic heterocycles. The highest BCUT2D eigenvalue weighted by Gasteiger charge is 2.28. The second-order valence-corrected chi connectivity index (χ2v) is 36.2. The average molecular weight is 1880 g/mol. The summed E-state index contributed by atoms with van der Waals surface area (Å²) < 4.78 is 218. The van der Waals surface area contributed by atoms with E-state index < -0.39 is 171 Å². The van der Waals surface area contributed by atoms with Gasteiger partial charge in [0.1, 0.15) is 39.6 Å². The smallest absolute Gasteiger partial charge is 0.338 e. The number of rotatable bonds is 45. The van der Waals surface area contributed by atoms with Crippen LogP contribution < -0.4 is 0 Å². The molecule has 0 atom stereocenters. The first kappa shape index (κ1) is 123. The molecule has 0 aliphatic carbocycles. The highest BCUT2D eigenvalue weighted by Crippen LogP contribution is 2.32. The van der Waals surface area contributed by atoms with E-state index in [0.29, 0.717) is 106 Å². The van der Waals surface area contributed by atoms with Gasteiger partial charge in [-0.15, -0.1) is 0 Å². The van der Waals surface area contributed by atoms with Crippen molar-refractivity contribution in [2.45, 2.75) is 133 Å². The maximum atomic E-state index is 12.5. The predicted octanol–water partition coefficient (Wildman–Crippen LogP) is -4.63. The number of carbonyl (C=O) groups is 6. The molecular formula is C75H75B21O30S6-6. The van der Waals surface area contributed by atoms with Crippen molar-refractivity contribution in [3.8, 4) is 0 Å². The van der Waals surface area contributed by atoms with Crippen LogP contribution in [0.2, 0.25) is 0 Å². The molecule has 6 aromatic rings. The minimum absolute atomic E-state index is 0.0225. The zero-order valence-electron chi connectivity index (χ0n) is 71.9. The molecule has 6 aromatic carbocycles. The lowest BCUT2D eigenvalue weighted by molar-refractivity contribution is 0.0515. The molecule has 0 heterocycles. The summed E-state index contributed by atoms with van der Waals surface area (Å²) in [5, 5.41) is 0. The van der Waals surface area contributed by atoms with Crippen LogP contribution in [0.25, 0.3) is 0 Å². The Morgan fingerprint density at radius 2 is 0.424 bits per heavy atom. The molecular weight excluding hydrogens is 1800 g/mol. The topological polar surface area (TPSA) is 501 Å². The molecule has 30 nitrogen and oxygen atoms in total. The van der Waals surface area contributed by atoms with E-state index in [1.54, 1.807) is 36.4 Å². The fraction of sp³-hybridized carbons (Fsp3) is 0.440. The van der Waals surface area contributed by atoms with Crippen molar-refractivity contribution in [2.75, 3.05) is 74.2 Å². The highest BCUT2D eigenvalue weighted by molar-refractivity contribution is 7.86. The van der Waals surface area contributed by atoms with Gasteiger partial charge >= 0.3 is 35.8 Å². The lowest BCUT2D eigenvalue weighted by atomic mass is 9.70. The number of hydrogen-bond donors (Lipinski definition) is 0. The highest BCUT2D eigenvalue weighted by atomic mass is 32.2. The van der Waals surface area contributed by atoms with E-state index in [1.807, 2.05) is 0 Å². The Balaban J connectivity index is 0.000000793. The van der Waals surface area contributed by atoms with E-state index in [2.05, 4.69) is 0 Å². The summed E-state index contributed by atoms with van der Waals surface area (Å²) in [6.07, 6.45) is 2.33. The number of ether oxygens (including phenoxy) is 6. The third kappa shape index (κ3) is 41.5. The second-order valence-electron chi connectivity index (χ2n) is 27.0. The summed E-state index contributed by atoms with van der Waals surface area (Å²) in [6.45, 7) is -3.18. The Hall–Kier alpha value is -7.04. The van der Waals surface area contributed by atoms with Crippen molar-refractivity contribution in [1.29, 1.82) is 0 Å². The Kier molecular flexibility index (Phi) is 56.4. The molecule has 0 saturated carbocycles. The quantitative estimate of drug-likeness (QED) is 0.0150. The van der Waals surface area contributed by atoms with Crippen LogP contribution >= 0.6 is 0 Å². The summed E-state index contributed by atoms with van der Waals surface area (Å²) in [5.74, 6) is -9.42. The molecule has 57 heteroatoms. The summed E-state index contributed by atoms with van der Waals surface area (Å²) in [5.41, 5.74) is 13.4. The van der Waals surface area contributed by atoms with Gasteiger partial charge in [0, 0.05) is 0 Å². The van der Waals surface area contributed by atoms with Crippen molar-refractivity contribution < 1.29 is 135 Å². The summed E-state index contributed by atoms with van der Waals surface area (Å²) in [6, 6.07) is 14.7. The number of esters is 6. The van der Waals surface area contributed by atoms with E-state index in [4.69, 9.17) is 193 Å². The maximum absolute atomic E-state index is 12.5. The molecule has 132 heavy (non-hydrogen) atoms. The Bertz CT molecular complexity index is 5540. The zero-order chi connectivity index (χ0) is 101. The van der Waals surface area contributed by atoms with E-state index in [0.717, 1.165) is 16.7 Å². The minimum atomic E-state index is -4.50. The number of carbonyl (C=O) groups excluding carboxylic acids is 6. The van der Waals surface area contributed by atoms with Crippen LogP contribution in [0, 0.1) is 0 Å². The SMILES string of the molecule is [B]Cc1c(C[B])c(C[B])c(C(=O)OCCS(=O)(=O)[O-])c(C[B])c1C[B].[B]Cc1cc(C(=O)OCCS(=O)(=O)[O-])c(C[B])c(C[B])c1C[B].[B]Cc1cc(C[B])c(C(=O)OCCS(=O)(=O)[O-])c(C[B])c1.[B]Cc1cc(C[B])c(C[B])c(C(=O)OCCS(=O)(=O)[O-])c1.[B]Cc1cc(C[B])c(C[B])c(C(=O)OCCS(=O)(=O)[O-])c1C[B].[B]Cc1ccc(C(=O)OCCS(=O)(=O)[O-])c(C[B])c1. The third-order valence-corrected chi connectivity index (χ3v) is 22.6. The number of benzene rings is 6. The lowest BCUT2D eigenvalue weighted by Gasteiger charge is -2.25. The van der Waals surface area contributed by atoms with Gasteiger partial charge in [0.2, 0.25) is 0 Å². The van der Waals surface area contributed by atoms with Crippen molar-refractivity contribution in [1.82, 2.24) is 0 Å². The molecule has 0 spiro atoms. The van der Waals surface area contributed by atoms with E-state index in [9.17, 15) is 107 Å². The van der Waals surface area contributed by atoms with Gasteiger partial charge < -0.3 is 55.7 Å². The predicted molar refractivity (Wildman–Crippen MR) is 506 cm³/mol. The van der Waals surface area contributed by atoms with Gasteiger partial charge in [0.15, 0.2) is 0 Å². The Morgan fingerprint density at radius 1 is 0.197 bits per heavy atom. The van der Waals surface area contributed by atoms with Crippen molar-refractivity contribution in [3.05, 3.63) is 205 Å². The van der Waals surface area contributed by atoms with Crippen LogP contribution in [0.5, 0.6) is 0 Å². The van der Waals surface area contributed by atoms with E-state index >= 15 is 0 Å². The molecule has 0 bridgehead atoms. The monoisotopic (exact) mass is 1880 g/mol. The lowest BCUT2D eigenvalue weighted by Crippen LogP contribution is -2.21. The van der Waals surface area contributed by atoms with Gasteiger partial charge in [-0.2, -0.15) is 0 Å². The van der Waals surface area contributed by atoms with Gasteiger partial charge in [0.25, 0.3) is 0 Å². The van der Waals surface area contributed by atoms with Crippen molar-refractivity contribution in [3.63, 3.8) is 0 Å². The molecule has 0 unspecified atom stereocenters. The first-order chi connectivity index (χ1) is 61.8. The van der Waals surface area contributed by atoms with Gasteiger partial charge in [-0.3, -0.25) is 0 Å². The molecule has 0 aliphatic rings. The summed E-state index contributed by atoms with van der Waals surface area (Å²) in [7, 11) is 92.2. The molecule has 0 aliphatic heterocycles. The average Bonchev–Trinajstić information content (AvgIpc) is 0.747. The first-order valence-electron chi connectivity index (χ1n) is 39.1. The van der Waals surface area contributed by atoms with Crippen LogP contribution in [-0.4, -0.2) is 353 Å². The molecule has 0 saturated heterocycles. The minimum Gasteiger partial charge on any atom is -0.748 e. The standard InChI is InChI=1S/C14H15B5O5S.2C13H14B4O5S.2C12H13B3O5S.C11H12B2O5S/c15-3-8-9(4-16)11(6-18)13(12(7-19)10(8)5-17)14(20)24-1-2-25(21,22)23;14-4-8-3-9(13(18)22-1-2-23(19,20)21)11(6-16)12(7-17)10(8)5-15;14-4-8-3-9(5-15)11(7-17)12(10(8)6-16)13(18)22-1-2-23(19,20)21;13-5-8-3-9(6-14)11(7-15)10(4-8)12(16)20-1-2-21(17,18)19;13-5-8-3-9(6-14)11(10(4-8)7-15)12(16)20-1-2-21(17,18)19;12-6-8-1-2-10(9(5-8)7-13)11(14)18-3-4-19(15,16)17/h1-7H2,(H,21,22,23);2*3H,1-2,4-7H2,(H,19,20,21);2*3-4H,1-2,5-7H2,(H,17,18,19);1-2,5H,3-4,6-7H2,(H,15,16,17)/p-6. The fourth-order valence-corrected chi connectivity index (χ4v) is 14.2. The molecule has 660 valence electrons. The largest absolute Gasteiger partial charge is 0.748 e. The van der Waals surface area contributed by atoms with Crippen LogP contribution in [0.3, 0.4) is 0 Å². The van der Waals surface area contributed by atoms with Crippen LogP contribution in [0.15, 0.2) is 54.6 Å². The maximum Gasteiger partial charge on any atom is 0.338 e. The Morgan fingerprint density at radius 3 is 0.712 bits per heavy atom. The Labute approximate surface area is 802 Å². The van der Waals surface area contributed by atoms with Gasteiger partial charge in [-0.05, 0) is 68.3 Å². The van der Waals surface area contributed by atoms with Crippen molar-refractivity contribution in [2.24, 2.45) is 0 Å². The number of hydrogen-bond acceptors (Lipinski definition) is 30. The first-order valence-corrected chi connectivity index (χ1v) is 48.6. The van der Waals surface area contributed by atoms with Gasteiger partial charge in [0.05, 0.1) is 293 Å². The fourth-order valence-electron chi connectivity index (χ4n) is 12.5. The van der Waals surface area contributed by atoms with E-state index in [1.165, 1.54) is 18.2 Å². The van der Waals surface area contributed by atoms with Crippen LogP contribution in [0.4, 0.5) is 0 Å². The summed E-state index contributed by atoms with van der Waals surface area (Å²) >= 11 is 0. The van der Waals surface area contributed by atoms with Crippen molar-refractivity contribution >= 4 is 261 Å². The molecule has 42 radical (unpaired) electrons. The van der Waals surface area contributed by atoms with E-state index in [-0.39, 0.29) is 160 Å². The normalized spacial score (nSPS) is 11.3. The second kappa shape index (κ2) is 60.5. The molecule has 6 rings (SSSR count).